The van der Waals surface area contributed by atoms with Gasteiger partial charge in [0.25, 0.3) is 0 Å². The molecule has 5 rings (SSSR count). The van der Waals surface area contributed by atoms with Crippen LogP contribution < -0.4 is 4.90 Å². The van der Waals surface area contributed by atoms with E-state index in [1.54, 1.807) is 0 Å². The number of pyridine rings is 1. The smallest absolute Gasteiger partial charge is 0.163 e. The highest BCUT2D eigenvalue weighted by atomic mass is 32.1. The Morgan fingerprint density at radius 2 is 1.79 bits per heavy atom. The maximum atomic E-state index is 5.12. The molecule has 0 amide bonds. The number of hydrogen-bond donors (Lipinski definition) is 0. The Labute approximate surface area is 170 Å². The SMILES string of the molecule is CCCN1CCN(c2nc(-c3ccncc3)nc3sc4c(c23)CCCC4)CC1. The van der Waals surface area contributed by atoms with Crippen LogP contribution in [0.3, 0.4) is 0 Å². The predicted molar refractivity (Wildman–Crippen MR) is 116 cm³/mol. The van der Waals surface area contributed by atoms with Gasteiger partial charge >= 0.3 is 0 Å². The topological polar surface area (TPSA) is 45.2 Å². The van der Waals surface area contributed by atoms with Crippen LogP contribution in [-0.4, -0.2) is 52.6 Å². The van der Waals surface area contributed by atoms with Gasteiger partial charge in [-0.2, -0.15) is 0 Å². The summed E-state index contributed by atoms with van der Waals surface area (Å²) >= 11 is 1.89. The molecule has 3 aromatic rings. The molecule has 6 heteroatoms. The van der Waals surface area contributed by atoms with Crippen LogP contribution in [0.2, 0.25) is 0 Å². The quantitative estimate of drug-likeness (QED) is 0.666. The van der Waals surface area contributed by atoms with Crippen LogP contribution in [0.15, 0.2) is 24.5 Å². The number of rotatable bonds is 4. The number of piperazine rings is 1. The minimum atomic E-state index is 0.833. The molecule has 3 aromatic heterocycles. The first kappa shape index (κ1) is 18.0. The van der Waals surface area contributed by atoms with E-state index in [0.29, 0.717) is 0 Å². The third kappa shape index (κ3) is 3.29. The monoisotopic (exact) mass is 393 g/mol. The van der Waals surface area contributed by atoms with E-state index in [0.717, 1.165) is 43.4 Å². The van der Waals surface area contributed by atoms with Crippen LogP contribution in [0, 0.1) is 0 Å². The summed E-state index contributed by atoms with van der Waals surface area (Å²) in [4.78, 5) is 22.0. The van der Waals surface area contributed by atoms with Crippen LogP contribution in [0.5, 0.6) is 0 Å². The van der Waals surface area contributed by atoms with Gasteiger partial charge in [-0.25, -0.2) is 9.97 Å². The van der Waals surface area contributed by atoms with E-state index in [4.69, 9.17) is 9.97 Å². The molecule has 0 bridgehead atoms. The van der Waals surface area contributed by atoms with Gasteiger partial charge in [0, 0.05) is 49.0 Å². The van der Waals surface area contributed by atoms with Gasteiger partial charge in [-0.1, -0.05) is 6.92 Å². The highest BCUT2D eigenvalue weighted by Crippen LogP contribution is 2.40. The molecule has 0 spiro atoms. The van der Waals surface area contributed by atoms with Crippen molar-refractivity contribution in [3.63, 3.8) is 0 Å². The largest absolute Gasteiger partial charge is 0.353 e. The fraction of sp³-hybridized carbons (Fsp3) is 0.500. The minimum absolute atomic E-state index is 0.833. The summed E-state index contributed by atoms with van der Waals surface area (Å²) in [7, 11) is 0. The molecule has 0 unspecified atom stereocenters. The van der Waals surface area contributed by atoms with Crippen molar-refractivity contribution in [2.45, 2.75) is 39.0 Å². The summed E-state index contributed by atoms with van der Waals surface area (Å²) in [6.07, 6.45) is 9.84. The van der Waals surface area contributed by atoms with Gasteiger partial charge in [0.15, 0.2) is 5.82 Å². The summed E-state index contributed by atoms with van der Waals surface area (Å²) < 4.78 is 0. The number of thiophene rings is 1. The number of aromatic nitrogens is 3. The molecule has 0 N–H and O–H groups in total. The summed E-state index contributed by atoms with van der Waals surface area (Å²) in [5, 5.41) is 1.33. The van der Waals surface area contributed by atoms with E-state index in [2.05, 4.69) is 21.7 Å². The first-order valence-electron chi connectivity index (χ1n) is 10.5. The van der Waals surface area contributed by atoms with E-state index in [1.165, 1.54) is 59.3 Å². The predicted octanol–water partition coefficient (Wildman–Crippen LogP) is 4.16. The Hall–Kier alpha value is -2.05. The maximum absolute atomic E-state index is 5.12. The lowest BCUT2D eigenvalue weighted by atomic mass is 9.96. The Morgan fingerprint density at radius 1 is 1.00 bits per heavy atom. The molecule has 1 fully saturated rings. The molecule has 2 aliphatic rings. The van der Waals surface area contributed by atoms with Crippen molar-refractivity contribution in [2.24, 2.45) is 0 Å². The second kappa shape index (κ2) is 7.76. The van der Waals surface area contributed by atoms with Gasteiger partial charge in [-0.3, -0.25) is 9.88 Å². The first-order valence-corrected chi connectivity index (χ1v) is 11.3. The maximum Gasteiger partial charge on any atom is 0.163 e. The molecule has 0 saturated carbocycles. The highest BCUT2D eigenvalue weighted by Gasteiger charge is 2.26. The third-order valence-electron chi connectivity index (χ3n) is 5.95. The van der Waals surface area contributed by atoms with Crippen molar-refractivity contribution in [3.8, 4) is 11.4 Å². The van der Waals surface area contributed by atoms with E-state index in [-0.39, 0.29) is 0 Å². The molecular weight excluding hydrogens is 366 g/mol. The van der Waals surface area contributed by atoms with Crippen LogP contribution in [-0.2, 0) is 12.8 Å². The first-order chi connectivity index (χ1) is 13.8. The van der Waals surface area contributed by atoms with Crippen LogP contribution in [0.1, 0.15) is 36.6 Å². The molecule has 0 aromatic carbocycles. The molecule has 28 heavy (non-hydrogen) atoms. The normalized spacial score (nSPS) is 17.8. The van der Waals surface area contributed by atoms with Gasteiger partial charge in [0.2, 0.25) is 0 Å². The zero-order chi connectivity index (χ0) is 18.9. The van der Waals surface area contributed by atoms with Gasteiger partial charge in [-0.15, -0.1) is 11.3 Å². The molecule has 0 radical (unpaired) electrons. The molecule has 5 nitrogen and oxygen atoms in total. The molecule has 1 aliphatic heterocycles. The second-order valence-corrected chi connectivity index (χ2v) is 8.91. The van der Waals surface area contributed by atoms with Gasteiger partial charge < -0.3 is 4.90 Å². The van der Waals surface area contributed by atoms with Crippen molar-refractivity contribution < 1.29 is 0 Å². The van der Waals surface area contributed by atoms with Crippen LogP contribution in [0.4, 0.5) is 5.82 Å². The number of anilines is 1. The van der Waals surface area contributed by atoms with Crippen LogP contribution in [0.25, 0.3) is 21.6 Å². The third-order valence-corrected chi connectivity index (χ3v) is 7.13. The minimum Gasteiger partial charge on any atom is -0.353 e. The lowest BCUT2D eigenvalue weighted by Crippen LogP contribution is -2.47. The van der Waals surface area contributed by atoms with Crippen molar-refractivity contribution in [1.29, 1.82) is 0 Å². The van der Waals surface area contributed by atoms with E-state index < -0.39 is 0 Å². The van der Waals surface area contributed by atoms with Crippen molar-refractivity contribution in [2.75, 3.05) is 37.6 Å². The highest BCUT2D eigenvalue weighted by molar-refractivity contribution is 7.19. The van der Waals surface area contributed by atoms with Crippen molar-refractivity contribution in [1.82, 2.24) is 19.9 Å². The van der Waals surface area contributed by atoms with E-state index >= 15 is 0 Å². The molecule has 1 saturated heterocycles. The van der Waals surface area contributed by atoms with Crippen molar-refractivity contribution in [3.05, 3.63) is 35.0 Å². The zero-order valence-corrected chi connectivity index (χ0v) is 17.3. The van der Waals surface area contributed by atoms with Gasteiger partial charge in [0.05, 0.1) is 5.39 Å². The lowest BCUT2D eigenvalue weighted by molar-refractivity contribution is 0.258. The zero-order valence-electron chi connectivity index (χ0n) is 16.5. The molecule has 146 valence electrons. The fourth-order valence-corrected chi connectivity index (χ4v) is 5.75. The molecular formula is C22H27N5S. The molecule has 4 heterocycles. The summed E-state index contributed by atoms with van der Waals surface area (Å²) in [6.45, 7) is 7.80. The number of aryl methyl sites for hydroxylation is 2. The molecule has 1 aliphatic carbocycles. The summed E-state index contributed by atoms with van der Waals surface area (Å²) in [5.74, 6) is 1.99. The van der Waals surface area contributed by atoms with Crippen molar-refractivity contribution >= 4 is 27.4 Å². The standard InChI is InChI=1S/C22H27N5S/c1-2-11-26-12-14-27(15-13-26)21-19-17-5-3-4-6-18(17)28-22(19)25-20(24-21)16-7-9-23-10-8-16/h7-10H,2-6,11-15H2,1H3. The number of hydrogen-bond acceptors (Lipinski definition) is 6. The number of nitrogens with zero attached hydrogens (tertiary/aromatic N) is 5. The Balaban J connectivity index is 1.60. The Bertz CT molecular complexity index is 960. The lowest BCUT2D eigenvalue weighted by Gasteiger charge is -2.35. The number of fused-ring (bicyclic) bond motifs is 3. The second-order valence-electron chi connectivity index (χ2n) is 7.83. The average Bonchev–Trinajstić information content (AvgIpc) is 3.13. The van der Waals surface area contributed by atoms with Crippen LogP contribution >= 0.6 is 11.3 Å². The summed E-state index contributed by atoms with van der Waals surface area (Å²) in [5.41, 5.74) is 2.58. The summed E-state index contributed by atoms with van der Waals surface area (Å²) in [6, 6.07) is 4.02. The average molecular weight is 394 g/mol. The molecule has 0 atom stereocenters. The van der Waals surface area contributed by atoms with E-state index in [9.17, 15) is 0 Å². The van der Waals surface area contributed by atoms with Gasteiger partial charge in [-0.05, 0) is 56.3 Å². The van der Waals surface area contributed by atoms with E-state index in [1.807, 2.05) is 35.9 Å². The fourth-order valence-electron chi connectivity index (χ4n) is 4.50. The Morgan fingerprint density at radius 3 is 2.57 bits per heavy atom. The Kier molecular flexibility index (Phi) is 4.99. The van der Waals surface area contributed by atoms with Gasteiger partial charge in [0.1, 0.15) is 10.6 Å².